The molecule has 1 heterocycles. The van der Waals surface area contributed by atoms with Gasteiger partial charge in [-0.15, -0.1) is 0 Å². The minimum atomic E-state index is -4.61. The highest BCUT2D eigenvalue weighted by atomic mass is 32.2. The third-order valence-electron chi connectivity index (χ3n) is 2.59. The number of benzene rings is 1. The second-order valence-corrected chi connectivity index (χ2v) is 8.39. The number of nitrogens with one attached hydrogen (secondary N) is 1. The molecule has 0 radical (unpaired) electrons. The SMILES string of the molecule is O=C(CSC1=NCCS1)Nc1ccc(S(=O)(=O)C(F)F)cc1. The molecule has 0 aromatic heterocycles. The van der Waals surface area contributed by atoms with Crippen molar-refractivity contribution < 1.29 is 22.0 Å². The van der Waals surface area contributed by atoms with Crippen LogP contribution in [0.3, 0.4) is 0 Å². The van der Waals surface area contributed by atoms with E-state index in [9.17, 15) is 22.0 Å². The molecule has 5 nitrogen and oxygen atoms in total. The molecule has 2 rings (SSSR count). The van der Waals surface area contributed by atoms with Gasteiger partial charge in [0.05, 0.1) is 17.2 Å². The maximum Gasteiger partial charge on any atom is 0.341 e. The standard InChI is InChI=1S/C12H12F2N2O3S3/c13-11(14)22(18,19)9-3-1-8(2-4-9)16-10(17)7-21-12-15-5-6-20-12/h1-4,11H,5-7H2,(H,16,17). The van der Waals surface area contributed by atoms with Crippen LogP contribution in [0.15, 0.2) is 34.2 Å². The van der Waals surface area contributed by atoms with Crippen LogP contribution in [-0.4, -0.2) is 42.5 Å². The first-order valence-corrected chi connectivity index (χ1v) is 9.63. The fraction of sp³-hybridized carbons (Fsp3) is 0.333. The molecule has 1 aromatic rings. The van der Waals surface area contributed by atoms with Crippen LogP contribution in [0, 0.1) is 0 Å². The van der Waals surface area contributed by atoms with Crippen LogP contribution in [0.5, 0.6) is 0 Å². The number of carbonyl (C=O) groups excluding carboxylic acids is 1. The van der Waals surface area contributed by atoms with Crippen LogP contribution in [0.4, 0.5) is 14.5 Å². The number of thioether (sulfide) groups is 2. The molecule has 10 heteroatoms. The van der Waals surface area contributed by atoms with E-state index in [1.54, 1.807) is 11.8 Å². The van der Waals surface area contributed by atoms with E-state index in [0.29, 0.717) is 5.69 Å². The van der Waals surface area contributed by atoms with Crippen LogP contribution >= 0.6 is 23.5 Å². The van der Waals surface area contributed by atoms with E-state index < -0.39 is 20.5 Å². The Labute approximate surface area is 134 Å². The van der Waals surface area contributed by atoms with Gasteiger partial charge >= 0.3 is 5.76 Å². The molecule has 0 unspecified atom stereocenters. The zero-order valence-electron chi connectivity index (χ0n) is 11.2. The largest absolute Gasteiger partial charge is 0.341 e. The van der Waals surface area contributed by atoms with Gasteiger partial charge in [-0.3, -0.25) is 9.79 Å². The molecule has 1 N–H and O–H groups in total. The van der Waals surface area contributed by atoms with Crippen molar-refractivity contribution in [2.75, 3.05) is 23.4 Å². The lowest BCUT2D eigenvalue weighted by Crippen LogP contribution is -2.15. The van der Waals surface area contributed by atoms with Gasteiger partial charge in [-0.1, -0.05) is 23.5 Å². The van der Waals surface area contributed by atoms with Crippen LogP contribution < -0.4 is 5.32 Å². The monoisotopic (exact) mass is 366 g/mol. The zero-order valence-corrected chi connectivity index (χ0v) is 13.6. The quantitative estimate of drug-likeness (QED) is 0.866. The topological polar surface area (TPSA) is 75.6 Å². The first-order valence-electron chi connectivity index (χ1n) is 6.11. The third kappa shape index (κ3) is 4.43. The molecule has 1 amide bonds. The molecule has 1 aliphatic rings. The summed E-state index contributed by atoms with van der Waals surface area (Å²) in [4.78, 5) is 15.4. The van der Waals surface area contributed by atoms with E-state index in [2.05, 4.69) is 10.3 Å². The Morgan fingerprint density at radius 3 is 2.59 bits per heavy atom. The Balaban J connectivity index is 1.92. The smallest absolute Gasteiger partial charge is 0.325 e. The van der Waals surface area contributed by atoms with Gasteiger partial charge < -0.3 is 5.32 Å². The minimum Gasteiger partial charge on any atom is -0.325 e. The summed E-state index contributed by atoms with van der Waals surface area (Å²) in [5, 5.41) is 2.57. The van der Waals surface area contributed by atoms with Crippen molar-refractivity contribution in [3.8, 4) is 0 Å². The minimum absolute atomic E-state index is 0.183. The Morgan fingerprint density at radius 1 is 1.36 bits per heavy atom. The summed E-state index contributed by atoms with van der Waals surface area (Å²) in [6.45, 7) is 0.759. The first kappa shape index (κ1) is 17.2. The summed E-state index contributed by atoms with van der Waals surface area (Å²) in [5.74, 6) is -2.63. The second-order valence-electron chi connectivity index (χ2n) is 4.16. The number of sulfone groups is 1. The van der Waals surface area contributed by atoms with E-state index in [1.807, 2.05) is 0 Å². The van der Waals surface area contributed by atoms with E-state index in [4.69, 9.17) is 0 Å². The molecular formula is C12H12F2N2O3S3. The molecule has 0 atom stereocenters. The lowest BCUT2D eigenvalue weighted by molar-refractivity contribution is -0.113. The van der Waals surface area contributed by atoms with Crippen molar-refractivity contribution in [1.82, 2.24) is 0 Å². The summed E-state index contributed by atoms with van der Waals surface area (Å²) in [5.41, 5.74) is 0.347. The highest BCUT2D eigenvalue weighted by Crippen LogP contribution is 2.23. The fourth-order valence-corrected chi connectivity index (χ4v) is 4.09. The van der Waals surface area contributed by atoms with Gasteiger partial charge in [0.25, 0.3) is 0 Å². The summed E-state index contributed by atoms with van der Waals surface area (Å²) in [6, 6.07) is 4.64. The van der Waals surface area contributed by atoms with Crippen molar-refractivity contribution in [3.63, 3.8) is 0 Å². The van der Waals surface area contributed by atoms with Gasteiger partial charge in [0.1, 0.15) is 4.38 Å². The van der Waals surface area contributed by atoms with Crippen LogP contribution in [0.2, 0.25) is 0 Å². The van der Waals surface area contributed by atoms with E-state index in [0.717, 1.165) is 28.8 Å². The summed E-state index contributed by atoms with van der Waals surface area (Å²) >= 11 is 2.92. The Bertz CT molecular complexity index is 675. The second kappa shape index (κ2) is 7.42. The molecule has 0 saturated carbocycles. The average Bonchev–Trinajstić information content (AvgIpc) is 2.99. The van der Waals surface area contributed by atoms with Gasteiger partial charge in [0, 0.05) is 11.4 Å². The highest BCUT2D eigenvalue weighted by molar-refractivity contribution is 8.39. The number of hydrogen-bond donors (Lipinski definition) is 1. The molecule has 120 valence electrons. The van der Waals surface area contributed by atoms with Crippen molar-refractivity contribution in [2.45, 2.75) is 10.7 Å². The van der Waals surface area contributed by atoms with Crippen molar-refractivity contribution >= 4 is 49.3 Å². The maximum atomic E-state index is 12.4. The molecule has 0 fully saturated rings. The molecule has 0 saturated heterocycles. The van der Waals surface area contributed by atoms with Gasteiger partial charge in [0.15, 0.2) is 0 Å². The molecule has 22 heavy (non-hydrogen) atoms. The summed E-state index contributed by atoms with van der Waals surface area (Å²) < 4.78 is 48.2. The number of aliphatic imine (C=N–C) groups is 1. The Hall–Kier alpha value is -1.13. The number of alkyl halides is 2. The first-order chi connectivity index (χ1) is 10.4. The number of amides is 1. The van der Waals surface area contributed by atoms with E-state index >= 15 is 0 Å². The number of carbonyl (C=O) groups is 1. The van der Waals surface area contributed by atoms with Gasteiger partial charge in [-0.25, -0.2) is 8.42 Å². The predicted octanol–water partition coefficient (Wildman–Crippen LogP) is 2.46. The lowest BCUT2D eigenvalue weighted by atomic mass is 10.3. The van der Waals surface area contributed by atoms with Crippen molar-refractivity contribution in [2.24, 2.45) is 4.99 Å². The number of halogens is 2. The highest BCUT2D eigenvalue weighted by Gasteiger charge is 2.26. The van der Waals surface area contributed by atoms with Crippen molar-refractivity contribution in [1.29, 1.82) is 0 Å². The number of rotatable bonds is 5. The van der Waals surface area contributed by atoms with E-state index in [1.165, 1.54) is 23.9 Å². The van der Waals surface area contributed by atoms with Crippen LogP contribution in [-0.2, 0) is 14.6 Å². The molecule has 1 aliphatic heterocycles. The van der Waals surface area contributed by atoms with Gasteiger partial charge in [0.2, 0.25) is 15.7 Å². The molecule has 0 bridgehead atoms. The normalized spacial score (nSPS) is 15.0. The Kier molecular flexibility index (Phi) is 5.81. The molecular weight excluding hydrogens is 354 g/mol. The summed E-state index contributed by atoms with van der Waals surface area (Å²) in [6.07, 6.45) is 0. The van der Waals surface area contributed by atoms with Crippen LogP contribution in [0.25, 0.3) is 0 Å². The Morgan fingerprint density at radius 2 is 2.05 bits per heavy atom. The van der Waals surface area contributed by atoms with Crippen molar-refractivity contribution in [3.05, 3.63) is 24.3 Å². The van der Waals surface area contributed by atoms with Gasteiger partial charge in [-0.05, 0) is 24.3 Å². The molecule has 0 aliphatic carbocycles. The number of nitrogens with zero attached hydrogens (tertiary/aromatic N) is 1. The lowest BCUT2D eigenvalue weighted by Gasteiger charge is -2.07. The number of hydrogen-bond acceptors (Lipinski definition) is 6. The molecule has 0 spiro atoms. The van der Waals surface area contributed by atoms with Gasteiger partial charge in [-0.2, -0.15) is 8.78 Å². The summed E-state index contributed by atoms with van der Waals surface area (Å²) in [7, 11) is -4.61. The third-order valence-corrected chi connectivity index (χ3v) is 6.24. The van der Waals surface area contributed by atoms with E-state index in [-0.39, 0.29) is 11.7 Å². The number of anilines is 1. The van der Waals surface area contributed by atoms with Crippen LogP contribution in [0.1, 0.15) is 0 Å². The molecule has 1 aromatic carbocycles. The zero-order chi connectivity index (χ0) is 16.2. The maximum absolute atomic E-state index is 12.4. The fourth-order valence-electron chi connectivity index (χ4n) is 1.56. The predicted molar refractivity (Wildman–Crippen MR) is 85.5 cm³/mol. The average molecular weight is 366 g/mol.